The summed E-state index contributed by atoms with van der Waals surface area (Å²) in [5.74, 6) is -2.43. The first kappa shape index (κ1) is 28.8. The summed E-state index contributed by atoms with van der Waals surface area (Å²) in [4.78, 5) is 49.6. The Kier molecular flexibility index (Phi) is 10.0. The second-order valence-electron chi connectivity index (χ2n) is 10.1. The lowest BCUT2D eigenvalue weighted by atomic mass is 10.0. The summed E-state index contributed by atoms with van der Waals surface area (Å²) in [5.41, 5.74) is 4.95. The van der Waals surface area contributed by atoms with Crippen LogP contribution in [0.1, 0.15) is 58.1 Å². The van der Waals surface area contributed by atoms with Crippen molar-refractivity contribution in [1.82, 2.24) is 21.1 Å². The average molecular weight is 523 g/mol. The van der Waals surface area contributed by atoms with Crippen molar-refractivity contribution in [2.75, 3.05) is 6.54 Å². The quantitative estimate of drug-likeness (QED) is 0.380. The number of carbonyl (C=O) groups is 4. The van der Waals surface area contributed by atoms with Crippen LogP contribution in [0.3, 0.4) is 0 Å². The van der Waals surface area contributed by atoms with Crippen LogP contribution in [-0.2, 0) is 25.6 Å². The van der Waals surface area contributed by atoms with Crippen molar-refractivity contribution in [3.05, 3.63) is 53.6 Å². The molecule has 1 aliphatic rings. The van der Waals surface area contributed by atoms with Crippen LogP contribution in [0, 0.1) is 5.92 Å². The van der Waals surface area contributed by atoms with Gasteiger partial charge in [0.15, 0.2) is 0 Å². The molecule has 204 valence electrons. The molecule has 1 saturated heterocycles. The third kappa shape index (κ3) is 7.64. The van der Waals surface area contributed by atoms with Gasteiger partial charge < -0.3 is 15.7 Å². The minimum atomic E-state index is -1.03. The lowest BCUT2D eigenvalue weighted by molar-refractivity contribution is -0.148. The number of hydrogen-bond acceptors (Lipinski definition) is 5. The van der Waals surface area contributed by atoms with E-state index >= 15 is 0 Å². The Bertz CT molecular complexity index is 1210. The highest BCUT2D eigenvalue weighted by Gasteiger charge is 2.32. The first-order valence-electron chi connectivity index (χ1n) is 13.2. The van der Waals surface area contributed by atoms with Gasteiger partial charge in [0, 0.05) is 13.0 Å². The second kappa shape index (κ2) is 13.2. The van der Waals surface area contributed by atoms with Crippen LogP contribution in [0.4, 0.5) is 0 Å². The number of aliphatic carboxylic acids is 1. The molecule has 1 fully saturated rings. The predicted octanol–water partition coefficient (Wildman–Crippen LogP) is 3.03. The van der Waals surface area contributed by atoms with E-state index in [0.717, 1.165) is 22.8 Å². The lowest BCUT2D eigenvalue weighted by Crippen LogP contribution is -2.60. The normalized spacial score (nSPS) is 17.4. The standard InChI is InChI=1S/C29H38N4O5/c1-5-20-11-13-22-14-12-21(17-23(22)16-20)8-6-10-25(34)31-26(18(2)3)27(35)30-19(4)28(36)33-15-7-9-24(32-33)29(37)38/h6,8,11-14,16-19,24,26,32H,5,7,9-10,15H2,1-4H3,(H,30,35)(H,31,34)(H,37,38). The summed E-state index contributed by atoms with van der Waals surface area (Å²) in [5, 5.41) is 18.2. The average Bonchev–Trinajstić information content (AvgIpc) is 2.90. The maximum Gasteiger partial charge on any atom is 0.322 e. The Labute approximate surface area is 223 Å². The van der Waals surface area contributed by atoms with Gasteiger partial charge in [0.25, 0.3) is 5.91 Å². The van der Waals surface area contributed by atoms with Gasteiger partial charge in [0.05, 0.1) is 0 Å². The van der Waals surface area contributed by atoms with Crippen molar-refractivity contribution in [1.29, 1.82) is 0 Å². The monoisotopic (exact) mass is 522 g/mol. The van der Waals surface area contributed by atoms with E-state index in [1.165, 1.54) is 10.6 Å². The smallest absolute Gasteiger partial charge is 0.322 e. The minimum Gasteiger partial charge on any atom is -0.480 e. The van der Waals surface area contributed by atoms with Crippen molar-refractivity contribution < 1.29 is 24.3 Å². The van der Waals surface area contributed by atoms with Crippen molar-refractivity contribution in [3.8, 4) is 0 Å². The van der Waals surface area contributed by atoms with E-state index in [-0.39, 0.29) is 18.2 Å². The van der Waals surface area contributed by atoms with Gasteiger partial charge in [-0.3, -0.25) is 24.2 Å². The first-order chi connectivity index (χ1) is 18.1. The Balaban J connectivity index is 1.55. The van der Waals surface area contributed by atoms with E-state index < -0.39 is 35.9 Å². The van der Waals surface area contributed by atoms with Gasteiger partial charge in [-0.05, 0) is 60.1 Å². The molecule has 3 atom stereocenters. The molecule has 2 aromatic rings. The fourth-order valence-electron chi connectivity index (χ4n) is 4.43. The van der Waals surface area contributed by atoms with Crippen LogP contribution in [0.15, 0.2) is 42.5 Å². The molecule has 38 heavy (non-hydrogen) atoms. The summed E-state index contributed by atoms with van der Waals surface area (Å²) >= 11 is 0. The molecule has 0 radical (unpaired) electrons. The van der Waals surface area contributed by atoms with Crippen LogP contribution in [-0.4, -0.2) is 58.5 Å². The zero-order valence-electron chi connectivity index (χ0n) is 22.5. The third-order valence-corrected chi connectivity index (χ3v) is 6.70. The maximum atomic E-state index is 12.9. The van der Waals surface area contributed by atoms with Gasteiger partial charge in [-0.2, -0.15) is 0 Å². The van der Waals surface area contributed by atoms with Crippen LogP contribution in [0.25, 0.3) is 16.8 Å². The SMILES string of the molecule is CCc1ccc2ccc(C=CCC(=O)NC(C(=O)NC(C)C(=O)N3CCCC(C(=O)O)N3)C(C)C)cc2c1. The van der Waals surface area contributed by atoms with E-state index in [1.807, 2.05) is 26.0 Å². The molecule has 0 aromatic heterocycles. The molecule has 2 aromatic carbocycles. The number of carbonyl (C=O) groups excluding carboxylic acids is 3. The van der Waals surface area contributed by atoms with Gasteiger partial charge >= 0.3 is 5.97 Å². The number of rotatable bonds is 10. The van der Waals surface area contributed by atoms with E-state index in [1.54, 1.807) is 13.0 Å². The van der Waals surface area contributed by atoms with Crippen LogP contribution in [0.5, 0.6) is 0 Å². The Morgan fingerprint density at radius 2 is 1.82 bits per heavy atom. The van der Waals surface area contributed by atoms with Crippen LogP contribution < -0.4 is 16.1 Å². The molecule has 0 spiro atoms. The summed E-state index contributed by atoms with van der Waals surface area (Å²) in [6.45, 7) is 7.65. The molecule has 1 heterocycles. The molecule has 4 N–H and O–H groups in total. The summed E-state index contributed by atoms with van der Waals surface area (Å²) in [6, 6.07) is 10.00. The van der Waals surface area contributed by atoms with Gasteiger partial charge in [0.2, 0.25) is 11.8 Å². The molecule has 1 aliphatic heterocycles. The molecule has 9 heteroatoms. The highest BCUT2D eigenvalue weighted by atomic mass is 16.4. The number of carboxylic acids is 1. The molecule has 3 unspecified atom stereocenters. The van der Waals surface area contributed by atoms with Crippen LogP contribution in [0.2, 0.25) is 0 Å². The molecule has 0 aliphatic carbocycles. The fourth-order valence-corrected chi connectivity index (χ4v) is 4.43. The Hall–Kier alpha value is -3.72. The summed E-state index contributed by atoms with van der Waals surface area (Å²) in [6.07, 6.45) is 5.70. The minimum absolute atomic E-state index is 0.103. The maximum absolute atomic E-state index is 12.9. The lowest BCUT2D eigenvalue weighted by Gasteiger charge is -2.34. The van der Waals surface area contributed by atoms with Gasteiger partial charge in [0.1, 0.15) is 18.1 Å². The zero-order chi connectivity index (χ0) is 27.8. The number of carboxylic acid groups (broad SMARTS) is 1. The zero-order valence-corrected chi connectivity index (χ0v) is 22.5. The number of nitrogens with one attached hydrogen (secondary N) is 3. The summed E-state index contributed by atoms with van der Waals surface area (Å²) < 4.78 is 0. The number of benzene rings is 2. The van der Waals surface area contributed by atoms with E-state index in [4.69, 9.17) is 0 Å². The van der Waals surface area contributed by atoms with Crippen molar-refractivity contribution in [3.63, 3.8) is 0 Å². The van der Waals surface area contributed by atoms with E-state index in [0.29, 0.717) is 19.4 Å². The first-order valence-corrected chi connectivity index (χ1v) is 13.2. The topological polar surface area (TPSA) is 128 Å². The van der Waals surface area contributed by atoms with Crippen molar-refractivity contribution in [2.24, 2.45) is 5.92 Å². The largest absolute Gasteiger partial charge is 0.480 e. The van der Waals surface area contributed by atoms with Gasteiger partial charge in [-0.1, -0.05) is 63.3 Å². The molecular weight excluding hydrogens is 484 g/mol. The molecule has 9 nitrogen and oxygen atoms in total. The van der Waals surface area contributed by atoms with Crippen LogP contribution >= 0.6 is 0 Å². The third-order valence-electron chi connectivity index (χ3n) is 6.70. The van der Waals surface area contributed by atoms with Crippen molar-refractivity contribution >= 4 is 40.5 Å². The summed E-state index contributed by atoms with van der Waals surface area (Å²) in [7, 11) is 0. The number of aryl methyl sites for hydroxylation is 1. The molecule has 0 saturated carbocycles. The van der Waals surface area contributed by atoms with Gasteiger partial charge in [-0.15, -0.1) is 0 Å². The highest BCUT2D eigenvalue weighted by molar-refractivity contribution is 5.92. The highest BCUT2D eigenvalue weighted by Crippen LogP contribution is 2.19. The molecule has 3 amide bonds. The number of amides is 3. The van der Waals surface area contributed by atoms with E-state index in [2.05, 4.69) is 53.3 Å². The Morgan fingerprint density at radius 1 is 1.08 bits per heavy atom. The number of hydrogen-bond donors (Lipinski definition) is 4. The van der Waals surface area contributed by atoms with Crippen molar-refractivity contribution in [2.45, 2.75) is 71.5 Å². The Morgan fingerprint density at radius 3 is 2.50 bits per heavy atom. The van der Waals surface area contributed by atoms with Gasteiger partial charge in [-0.25, -0.2) is 5.43 Å². The molecule has 3 rings (SSSR count). The predicted molar refractivity (Wildman–Crippen MR) is 147 cm³/mol. The number of nitrogens with zero attached hydrogens (tertiary/aromatic N) is 1. The number of hydrazine groups is 1. The van der Waals surface area contributed by atoms with E-state index in [9.17, 15) is 24.3 Å². The molecule has 0 bridgehead atoms. The fraction of sp³-hybridized carbons (Fsp3) is 0.448. The molecular formula is C29H38N4O5. The number of fused-ring (bicyclic) bond motifs is 1. The second-order valence-corrected chi connectivity index (χ2v) is 10.1.